The Hall–Kier alpha value is -0.780. The van der Waals surface area contributed by atoms with E-state index in [0.29, 0.717) is 13.0 Å². The zero-order chi connectivity index (χ0) is 10.4. The minimum absolute atomic E-state index is 0. The second-order valence-corrected chi connectivity index (χ2v) is 2.86. The standard InChI is InChI=1S/C9H15N3O2.2ClH/c1-3-14-9(13)8(10-2)4-7-5-11-6-12-7;;/h5-6,8,10H,3-4H2,1-2H3,(H,11,12);2*1H/t8-;;/m0../s1. The number of H-pyrrole nitrogens is 1. The van der Waals surface area contributed by atoms with Crippen LogP contribution in [0.4, 0.5) is 0 Å². The molecule has 0 aromatic carbocycles. The van der Waals surface area contributed by atoms with Crippen molar-refractivity contribution in [2.45, 2.75) is 19.4 Å². The molecule has 1 aromatic heterocycles. The van der Waals surface area contributed by atoms with E-state index in [2.05, 4.69) is 15.3 Å². The number of carbonyl (C=O) groups is 1. The largest absolute Gasteiger partial charge is 0.465 e. The molecular weight excluding hydrogens is 253 g/mol. The van der Waals surface area contributed by atoms with Crippen LogP contribution >= 0.6 is 24.8 Å². The Labute approximate surface area is 107 Å². The number of imidazole rings is 1. The predicted molar refractivity (Wildman–Crippen MR) is 66.3 cm³/mol. The molecule has 0 saturated carbocycles. The van der Waals surface area contributed by atoms with Gasteiger partial charge in [0.1, 0.15) is 6.04 Å². The summed E-state index contributed by atoms with van der Waals surface area (Å²) in [5.74, 6) is -0.238. The van der Waals surface area contributed by atoms with E-state index in [4.69, 9.17) is 4.74 Å². The molecule has 1 aromatic rings. The van der Waals surface area contributed by atoms with Crippen LogP contribution in [0.5, 0.6) is 0 Å². The summed E-state index contributed by atoms with van der Waals surface area (Å²) in [7, 11) is 1.73. The molecule has 0 aliphatic carbocycles. The van der Waals surface area contributed by atoms with Crippen molar-refractivity contribution in [3.63, 3.8) is 0 Å². The summed E-state index contributed by atoms with van der Waals surface area (Å²) in [4.78, 5) is 18.3. The van der Waals surface area contributed by atoms with Gasteiger partial charge in [0.25, 0.3) is 0 Å². The van der Waals surface area contributed by atoms with Crippen molar-refractivity contribution in [2.75, 3.05) is 13.7 Å². The number of hydrogen-bond acceptors (Lipinski definition) is 4. The van der Waals surface area contributed by atoms with Gasteiger partial charge in [-0.1, -0.05) is 0 Å². The van der Waals surface area contributed by atoms with Crippen molar-refractivity contribution < 1.29 is 9.53 Å². The highest BCUT2D eigenvalue weighted by molar-refractivity contribution is 5.85. The molecule has 2 N–H and O–H groups in total. The number of nitrogens with zero attached hydrogens (tertiary/aromatic N) is 1. The lowest BCUT2D eigenvalue weighted by atomic mass is 10.2. The minimum Gasteiger partial charge on any atom is -0.465 e. The average Bonchev–Trinajstić information content (AvgIpc) is 2.66. The van der Waals surface area contributed by atoms with Gasteiger partial charge in [-0.2, -0.15) is 0 Å². The van der Waals surface area contributed by atoms with Crippen LogP contribution in [0.3, 0.4) is 0 Å². The van der Waals surface area contributed by atoms with E-state index in [9.17, 15) is 4.79 Å². The maximum Gasteiger partial charge on any atom is 0.323 e. The Morgan fingerprint density at radius 3 is 2.75 bits per heavy atom. The van der Waals surface area contributed by atoms with Gasteiger partial charge in [-0.15, -0.1) is 24.8 Å². The highest BCUT2D eigenvalue weighted by Gasteiger charge is 2.18. The van der Waals surface area contributed by atoms with Crippen LogP contribution in [0, 0.1) is 0 Å². The minimum atomic E-state index is -0.321. The van der Waals surface area contributed by atoms with Gasteiger partial charge >= 0.3 is 5.97 Å². The topological polar surface area (TPSA) is 67.0 Å². The van der Waals surface area contributed by atoms with Gasteiger partial charge in [-0.25, -0.2) is 4.98 Å². The molecule has 1 heterocycles. The summed E-state index contributed by atoms with van der Waals surface area (Å²) in [5.41, 5.74) is 0.845. The van der Waals surface area contributed by atoms with Crippen molar-refractivity contribution in [1.82, 2.24) is 15.3 Å². The number of hydrogen-bond donors (Lipinski definition) is 2. The first-order valence-corrected chi connectivity index (χ1v) is 4.59. The summed E-state index contributed by atoms with van der Waals surface area (Å²) in [6.07, 6.45) is 3.90. The van der Waals surface area contributed by atoms with Crippen LogP contribution in [-0.2, 0) is 16.0 Å². The van der Waals surface area contributed by atoms with Gasteiger partial charge in [0.15, 0.2) is 0 Å². The number of nitrogens with one attached hydrogen (secondary N) is 2. The summed E-state index contributed by atoms with van der Waals surface area (Å²) < 4.78 is 4.90. The molecule has 0 spiro atoms. The third-order valence-corrected chi connectivity index (χ3v) is 1.89. The summed E-state index contributed by atoms with van der Waals surface area (Å²) >= 11 is 0. The molecule has 0 fully saturated rings. The Kier molecular flexibility index (Phi) is 10.4. The van der Waals surface area contributed by atoms with Gasteiger partial charge in [0, 0.05) is 12.6 Å². The molecule has 0 aliphatic rings. The number of likely N-dealkylation sites (N-methyl/N-ethyl adjacent to an activating group) is 1. The molecule has 0 unspecified atom stereocenters. The fraction of sp³-hybridized carbons (Fsp3) is 0.556. The maximum absolute atomic E-state index is 11.4. The number of ether oxygens (including phenoxy) is 1. The SMILES string of the molecule is CCOC(=O)[C@H](Cc1c[nH]cn1)NC.Cl.Cl. The molecule has 0 radical (unpaired) electrons. The van der Waals surface area contributed by atoms with E-state index < -0.39 is 0 Å². The molecule has 7 heteroatoms. The zero-order valence-electron chi connectivity index (χ0n) is 9.23. The van der Waals surface area contributed by atoms with Gasteiger partial charge in [-0.05, 0) is 14.0 Å². The second-order valence-electron chi connectivity index (χ2n) is 2.86. The van der Waals surface area contributed by atoms with Crippen LogP contribution in [-0.4, -0.2) is 35.6 Å². The van der Waals surface area contributed by atoms with Crippen LogP contribution in [0.25, 0.3) is 0 Å². The summed E-state index contributed by atoms with van der Waals surface area (Å²) in [6.45, 7) is 2.19. The highest BCUT2D eigenvalue weighted by atomic mass is 35.5. The molecular formula is C9H17Cl2N3O2. The summed E-state index contributed by atoms with van der Waals surface area (Å²) in [5, 5.41) is 2.90. The number of aromatic nitrogens is 2. The number of esters is 1. The third kappa shape index (κ3) is 5.34. The first-order chi connectivity index (χ1) is 6.77. The average molecular weight is 270 g/mol. The van der Waals surface area contributed by atoms with Crippen LogP contribution < -0.4 is 5.32 Å². The smallest absolute Gasteiger partial charge is 0.323 e. The van der Waals surface area contributed by atoms with E-state index in [-0.39, 0.29) is 36.8 Å². The Morgan fingerprint density at radius 1 is 1.62 bits per heavy atom. The second kappa shape index (κ2) is 9.45. The molecule has 0 saturated heterocycles. The van der Waals surface area contributed by atoms with Gasteiger partial charge in [0.2, 0.25) is 0 Å². The zero-order valence-corrected chi connectivity index (χ0v) is 10.9. The fourth-order valence-electron chi connectivity index (χ4n) is 1.16. The highest BCUT2D eigenvalue weighted by Crippen LogP contribution is 1.99. The van der Waals surface area contributed by atoms with Crippen molar-refractivity contribution in [3.05, 3.63) is 18.2 Å². The van der Waals surface area contributed by atoms with Gasteiger partial charge < -0.3 is 15.0 Å². The summed E-state index contributed by atoms with van der Waals surface area (Å²) in [6, 6.07) is -0.321. The van der Waals surface area contributed by atoms with Crippen LogP contribution in [0.1, 0.15) is 12.6 Å². The third-order valence-electron chi connectivity index (χ3n) is 1.89. The molecule has 94 valence electrons. The van der Waals surface area contributed by atoms with E-state index in [1.54, 1.807) is 26.5 Å². The lowest BCUT2D eigenvalue weighted by molar-refractivity contribution is -0.145. The molecule has 0 bridgehead atoms. The predicted octanol–water partition coefficient (Wildman–Crippen LogP) is 0.947. The van der Waals surface area contributed by atoms with Gasteiger partial charge in [-0.3, -0.25) is 4.79 Å². The van der Waals surface area contributed by atoms with Crippen molar-refractivity contribution in [1.29, 1.82) is 0 Å². The number of rotatable bonds is 5. The molecule has 16 heavy (non-hydrogen) atoms. The Bertz CT molecular complexity index is 280. The van der Waals surface area contributed by atoms with Gasteiger partial charge in [0.05, 0.1) is 18.6 Å². The monoisotopic (exact) mass is 269 g/mol. The Balaban J connectivity index is 0. The lowest BCUT2D eigenvalue weighted by Crippen LogP contribution is -2.37. The van der Waals surface area contributed by atoms with E-state index in [0.717, 1.165) is 5.69 Å². The molecule has 1 atom stereocenters. The van der Waals surface area contributed by atoms with E-state index >= 15 is 0 Å². The molecule has 1 rings (SSSR count). The Morgan fingerprint density at radius 2 is 2.31 bits per heavy atom. The van der Waals surface area contributed by atoms with Crippen molar-refractivity contribution >= 4 is 30.8 Å². The first-order valence-electron chi connectivity index (χ1n) is 4.59. The molecule has 0 amide bonds. The first kappa shape index (κ1) is 17.6. The van der Waals surface area contributed by atoms with Crippen molar-refractivity contribution in [3.8, 4) is 0 Å². The molecule has 5 nitrogen and oxygen atoms in total. The van der Waals surface area contributed by atoms with Crippen LogP contribution in [0.15, 0.2) is 12.5 Å². The fourth-order valence-corrected chi connectivity index (χ4v) is 1.16. The van der Waals surface area contributed by atoms with Crippen LogP contribution in [0.2, 0.25) is 0 Å². The number of aromatic amines is 1. The number of carbonyl (C=O) groups excluding carboxylic acids is 1. The van der Waals surface area contributed by atoms with E-state index in [1.165, 1.54) is 0 Å². The lowest BCUT2D eigenvalue weighted by Gasteiger charge is -2.12. The quantitative estimate of drug-likeness (QED) is 0.782. The number of halogens is 2. The van der Waals surface area contributed by atoms with Crippen molar-refractivity contribution in [2.24, 2.45) is 0 Å². The van der Waals surface area contributed by atoms with E-state index in [1.807, 2.05) is 0 Å². The normalized spacial score (nSPS) is 10.9. The molecule has 0 aliphatic heterocycles. The maximum atomic E-state index is 11.4.